The van der Waals surface area contributed by atoms with Crippen molar-refractivity contribution in [3.8, 4) is 0 Å². The van der Waals surface area contributed by atoms with Gasteiger partial charge >= 0.3 is 0 Å². The molecule has 0 amide bonds. The fraction of sp³-hybridized carbons (Fsp3) is 0.375. The smallest absolute Gasteiger partial charge is 0.178 e. The van der Waals surface area contributed by atoms with Gasteiger partial charge in [0.2, 0.25) is 0 Å². The van der Waals surface area contributed by atoms with Crippen molar-refractivity contribution in [2.75, 3.05) is 0 Å². The van der Waals surface area contributed by atoms with Gasteiger partial charge in [0.15, 0.2) is 5.78 Å². The number of benzene rings is 1. The molecule has 100 valence electrons. The largest absolute Gasteiger partial charge is 0.293 e. The predicted molar refractivity (Wildman–Crippen MR) is 79.9 cm³/mol. The molecule has 2 nitrogen and oxygen atoms in total. The first-order valence-electron chi connectivity index (χ1n) is 6.66. The lowest BCUT2D eigenvalue weighted by atomic mass is 9.76. The number of nitrogens with zero attached hydrogens (tertiary/aromatic N) is 1. The minimum absolute atomic E-state index is 0.0386. The highest BCUT2D eigenvalue weighted by molar-refractivity contribution is 7.10. The number of thiazole rings is 1. The summed E-state index contributed by atoms with van der Waals surface area (Å²) in [7, 11) is 0. The molecule has 0 unspecified atom stereocenters. The summed E-state index contributed by atoms with van der Waals surface area (Å²) in [5.74, 6) is 0.0386. The van der Waals surface area contributed by atoms with Crippen molar-refractivity contribution >= 4 is 17.1 Å². The first kappa shape index (κ1) is 13.9. The Kier molecular flexibility index (Phi) is 4.15. The summed E-state index contributed by atoms with van der Waals surface area (Å²) < 4.78 is 0. The molecule has 0 atom stereocenters. The molecule has 0 fully saturated rings. The second-order valence-corrected chi connectivity index (χ2v) is 5.61. The molecule has 0 aliphatic heterocycles. The van der Waals surface area contributed by atoms with E-state index in [1.807, 2.05) is 11.4 Å². The number of hydrogen-bond donors (Lipinski definition) is 0. The molecule has 0 bridgehead atoms. The van der Waals surface area contributed by atoms with E-state index in [0.717, 1.165) is 17.8 Å². The molecule has 2 aromatic rings. The topological polar surface area (TPSA) is 30.0 Å². The zero-order valence-electron chi connectivity index (χ0n) is 11.6. The molecular weight excluding hydrogens is 254 g/mol. The minimum atomic E-state index is -0.0698. The van der Waals surface area contributed by atoms with Crippen LogP contribution >= 0.6 is 11.3 Å². The van der Waals surface area contributed by atoms with E-state index in [1.165, 1.54) is 5.56 Å². The van der Waals surface area contributed by atoms with Gasteiger partial charge in [-0.2, -0.15) is 0 Å². The number of aromatic nitrogens is 1. The zero-order chi connectivity index (χ0) is 13.9. The van der Waals surface area contributed by atoms with Gasteiger partial charge in [-0.1, -0.05) is 44.2 Å². The molecule has 2 rings (SSSR count). The van der Waals surface area contributed by atoms with Crippen molar-refractivity contribution in [2.24, 2.45) is 0 Å². The van der Waals surface area contributed by atoms with Crippen molar-refractivity contribution in [2.45, 2.75) is 39.0 Å². The average molecular weight is 273 g/mol. The van der Waals surface area contributed by atoms with E-state index in [0.29, 0.717) is 5.69 Å². The van der Waals surface area contributed by atoms with Gasteiger partial charge in [-0.25, -0.2) is 4.98 Å². The summed E-state index contributed by atoms with van der Waals surface area (Å²) in [6.45, 7) is 5.94. The Morgan fingerprint density at radius 2 is 1.84 bits per heavy atom. The third kappa shape index (κ3) is 2.47. The number of rotatable bonds is 5. The number of ketones is 1. The van der Waals surface area contributed by atoms with Crippen molar-refractivity contribution in [3.63, 3.8) is 0 Å². The van der Waals surface area contributed by atoms with Crippen molar-refractivity contribution < 1.29 is 4.79 Å². The molecule has 0 aliphatic carbocycles. The van der Waals surface area contributed by atoms with Gasteiger partial charge in [0.25, 0.3) is 0 Å². The summed E-state index contributed by atoms with van der Waals surface area (Å²) in [6.07, 6.45) is 1.97. The van der Waals surface area contributed by atoms with Gasteiger partial charge in [0, 0.05) is 17.7 Å². The number of carbonyl (C=O) groups is 1. The Hall–Kier alpha value is -1.48. The molecule has 0 saturated heterocycles. The maximum Gasteiger partial charge on any atom is 0.178 e. The molecular formula is C16H19NOS. The highest BCUT2D eigenvalue weighted by Gasteiger charge is 2.33. The van der Waals surface area contributed by atoms with Gasteiger partial charge in [-0.3, -0.25) is 4.79 Å². The van der Waals surface area contributed by atoms with Crippen LogP contribution in [0.4, 0.5) is 0 Å². The summed E-state index contributed by atoms with van der Waals surface area (Å²) in [4.78, 5) is 16.0. The number of carbonyl (C=O) groups excluding carboxylic acids is 1. The van der Waals surface area contributed by atoms with Gasteiger partial charge in [0.1, 0.15) is 10.7 Å². The molecule has 0 aliphatic rings. The second kappa shape index (κ2) is 5.66. The molecule has 1 aromatic carbocycles. The molecule has 0 radical (unpaired) electrons. The lowest BCUT2D eigenvalue weighted by Gasteiger charge is -2.30. The highest BCUT2D eigenvalue weighted by atomic mass is 32.1. The van der Waals surface area contributed by atoms with Crippen LogP contribution in [0.25, 0.3) is 0 Å². The molecule has 19 heavy (non-hydrogen) atoms. The zero-order valence-corrected chi connectivity index (χ0v) is 12.5. The average Bonchev–Trinajstić information content (AvgIpc) is 2.93. The Morgan fingerprint density at radius 1 is 1.21 bits per heavy atom. The van der Waals surface area contributed by atoms with E-state index in [9.17, 15) is 4.79 Å². The normalized spacial score (nSPS) is 11.5. The first-order valence-corrected chi connectivity index (χ1v) is 7.54. The van der Waals surface area contributed by atoms with Gasteiger partial charge in [-0.15, -0.1) is 11.3 Å². The summed E-state index contributed by atoms with van der Waals surface area (Å²) in [5, 5.41) is 2.93. The standard InChI is InChI=1S/C16H19NOS/c1-4-16(5-2,13-9-7-6-8-10-13)15-17-14(11-19-15)12(3)18/h6-11H,4-5H2,1-3H3. The Balaban J connectivity index is 2.52. The predicted octanol–water partition coefficient (Wildman–Crippen LogP) is 4.45. The van der Waals surface area contributed by atoms with Crippen molar-refractivity contribution in [1.82, 2.24) is 4.98 Å². The minimum Gasteiger partial charge on any atom is -0.293 e. The molecule has 0 spiro atoms. The van der Waals surface area contributed by atoms with Crippen LogP contribution in [0.2, 0.25) is 0 Å². The van der Waals surface area contributed by atoms with Crippen LogP contribution in [0.5, 0.6) is 0 Å². The van der Waals surface area contributed by atoms with Gasteiger partial charge < -0.3 is 0 Å². The Morgan fingerprint density at radius 3 is 2.32 bits per heavy atom. The molecule has 1 aromatic heterocycles. The van der Waals surface area contributed by atoms with E-state index in [-0.39, 0.29) is 11.2 Å². The van der Waals surface area contributed by atoms with E-state index < -0.39 is 0 Å². The quantitative estimate of drug-likeness (QED) is 0.753. The van der Waals surface area contributed by atoms with E-state index in [1.54, 1.807) is 18.3 Å². The molecule has 0 N–H and O–H groups in total. The third-order valence-corrected chi connectivity index (χ3v) is 4.85. The summed E-state index contributed by atoms with van der Waals surface area (Å²) in [5.41, 5.74) is 1.80. The van der Waals surface area contributed by atoms with Crippen LogP contribution in [0.15, 0.2) is 35.7 Å². The van der Waals surface area contributed by atoms with Gasteiger partial charge in [0.05, 0.1) is 0 Å². The first-order chi connectivity index (χ1) is 9.14. The fourth-order valence-electron chi connectivity index (χ4n) is 2.50. The van der Waals surface area contributed by atoms with Gasteiger partial charge in [-0.05, 0) is 18.4 Å². The van der Waals surface area contributed by atoms with E-state index >= 15 is 0 Å². The third-order valence-electron chi connectivity index (χ3n) is 3.81. The number of hydrogen-bond acceptors (Lipinski definition) is 3. The Labute approximate surface area is 118 Å². The maximum atomic E-state index is 11.4. The van der Waals surface area contributed by atoms with Crippen LogP contribution in [-0.4, -0.2) is 10.8 Å². The highest BCUT2D eigenvalue weighted by Crippen LogP contribution is 2.40. The lowest BCUT2D eigenvalue weighted by molar-refractivity contribution is 0.101. The summed E-state index contributed by atoms with van der Waals surface area (Å²) in [6, 6.07) is 10.5. The fourth-order valence-corrected chi connectivity index (χ4v) is 3.72. The number of Topliss-reactive ketones (excluding diaryl/α,β-unsaturated/α-hetero) is 1. The van der Waals surface area contributed by atoms with Crippen LogP contribution in [-0.2, 0) is 5.41 Å². The molecule has 3 heteroatoms. The van der Waals surface area contributed by atoms with Crippen LogP contribution < -0.4 is 0 Å². The summed E-state index contributed by atoms with van der Waals surface area (Å²) >= 11 is 1.60. The SMILES string of the molecule is CCC(CC)(c1ccccc1)c1nc(C(C)=O)cs1. The van der Waals surface area contributed by atoms with Crippen molar-refractivity contribution in [3.05, 3.63) is 52.0 Å². The van der Waals surface area contributed by atoms with E-state index in [4.69, 9.17) is 0 Å². The van der Waals surface area contributed by atoms with E-state index in [2.05, 4.69) is 43.1 Å². The maximum absolute atomic E-state index is 11.4. The Bertz CT molecular complexity index is 555. The van der Waals surface area contributed by atoms with Crippen molar-refractivity contribution in [1.29, 1.82) is 0 Å². The lowest BCUT2D eigenvalue weighted by Crippen LogP contribution is -2.26. The molecule has 1 heterocycles. The second-order valence-electron chi connectivity index (χ2n) is 4.75. The van der Waals surface area contributed by atoms with Crippen LogP contribution in [0.1, 0.15) is 54.7 Å². The molecule has 0 saturated carbocycles. The van der Waals surface area contributed by atoms with Crippen LogP contribution in [0, 0.1) is 0 Å². The van der Waals surface area contributed by atoms with Crippen LogP contribution in [0.3, 0.4) is 0 Å². The monoisotopic (exact) mass is 273 g/mol.